The van der Waals surface area contributed by atoms with Crippen molar-refractivity contribution in [1.29, 1.82) is 0 Å². The van der Waals surface area contributed by atoms with Crippen molar-refractivity contribution in [1.82, 2.24) is 0 Å². The predicted molar refractivity (Wildman–Crippen MR) is 34.4 cm³/mol. The number of ether oxygens (including phenoxy) is 1. The average Bonchev–Trinajstić information content (AvgIpc) is 1.98. The van der Waals surface area contributed by atoms with Gasteiger partial charge in [0.05, 0.1) is 6.42 Å². The summed E-state index contributed by atoms with van der Waals surface area (Å²) in [6.45, 7) is 3.06. The van der Waals surface area contributed by atoms with Gasteiger partial charge in [0.1, 0.15) is 0 Å². The summed E-state index contributed by atoms with van der Waals surface area (Å²) < 4.78 is 4.94. The Morgan fingerprint density at radius 3 is 2.80 bits per heavy atom. The van der Waals surface area contributed by atoms with E-state index in [1.54, 1.807) is 0 Å². The molecular formula is C6H12O4. The summed E-state index contributed by atoms with van der Waals surface area (Å²) in [7, 11) is 0. The molecule has 0 aromatic rings. The lowest BCUT2D eigenvalue weighted by Gasteiger charge is -1.97. The van der Waals surface area contributed by atoms with Crippen LogP contribution in [-0.4, -0.2) is 24.4 Å². The number of rotatable bonds is 5. The van der Waals surface area contributed by atoms with Crippen LogP contribution in [0.25, 0.3) is 0 Å². The highest BCUT2D eigenvalue weighted by Crippen LogP contribution is 1.91. The minimum atomic E-state index is -0.611. The lowest BCUT2D eigenvalue weighted by Crippen LogP contribution is -2.03. The van der Waals surface area contributed by atoms with Crippen molar-refractivity contribution < 1.29 is 19.7 Å². The summed E-state index contributed by atoms with van der Waals surface area (Å²) in [5.41, 5.74) is 0. The van der Waals surface area contributed by atoms with E-state index < -0.39 is 5.97 Å². The van der Waals surface area contributed by atoms with Crippen LogP contribution in [0.15, 0.2) is 0 Å². The van der Waals surface area contributed by atoms with Gasteiger partial charge in [-0.3, -0.25) is 0 Å². The van der Waals surface area contributed by atoms with Crippen molar-refractivity contribution in [2.45, 2.75) is 19.8 Å². The van der Waals surface area contributed by atoms with Gasteiger partial charge in [-0.2, -0.15) is 5.26 Å². The third-order valence-corrected chi connectivity index (χ3v) is 0.976. The largest absolute Gasteiger partial charge is 0.382 e. The van der Waals surface area contributed by atoms with Gasteiger partial charge in [-0.1, -0.05) is 0 Å². The first kappa shape index (κ1) is 9.39. The Bertz CT molecular complexity index is 91.7. The van der Waals surface area contributed by atoms with E-state index in [0.717, 1.165) is 0 Å². The Morgan fingerprint density at radius 2 is 2.30 bits per heavy atom. The summed E-state index contributed by atoms with van der Waals surface area (Å²) in [5.74, 6) is -0.611. The molecule has 0 aliphatic rings. The predicted octanol–water partition coefficient (Wildman–Crippen LogP) is 0.819. The molecule has 1 N–H and O–H groups in total. The Labute approximate surface area is 59.7 Å². The molecular weight excluding hydrogens is 136 g/mol. The molecule has 0 heterocycles. The highest BCUT2D eigenvalue weighted by atomic mass is 17.1. The molecule has 4 nitrogen and oxygen atoms in total. The molecule has 10 heavy (non-hydrogen) atoms. The Morgan fingerprint density at radius 1 is 1.60 bits per heavy atom. The zero-order valence-corrected chi connectivity index (χ0v) is 6.00. The van der Waals surface area contributed by atoms with Gasteiger partial charge in [0, 0.05) is 13.2 Å². The van der Waals surface area contributed by atoms with Gasteiger partial charge in [0.2, 0.25) is 0 Å². The van der Waals surface area contributed by atoms with Gasteiger partial charge in [-0.25, -0.2) is 4.79 Å². The summed E-state index contributed by atoms with van der Waals surface area (Å²) in [6.07, 6.45) is 0.795. The SMILES string of the molecule is CCOCCCC(=O)OO. The minimum Gasteiger partial charge on any atom is -0.382 e. The van der Waals surface area contributed by atoms with E-state index in [1.165, 1.54) is 0 Å². The summed E-state index contributed by atoms with van der Waals surface area (Å²) in [4.78, 5) is 13.7. The van der Waals surface area contributed by atoms with E-state index in [1.807, 2.05) is 6.92 Å². The molecule has 4 heteroatoms. The molecule has 0 amide bonds. The average molecular weight is 148 g/mol. The molecule has 0 aliphatic carbocycles. The minimum absolute atomic E-state index is 0.205. The topological polar surface area (TPSA) is 55.8 Å². The Balaban J connectivity index is 2.96. The van der Waals surface area contributed by atoms with Crippen LogP contribution in [0.5, 0.6) is 0 Å². The van der Waals surface area contributed by atoms with Crippen molar-refractivity contribution in [2.75, 3.05) is 13.2 Å². The van der Waals surface area contributed by atoms with Gasteiger partial charge in [-0.15, -0.1) is 0 Å². The Hall–Kier alpha value is -0.610. The standard InChI is InChI=1S/C6H12O4/c1-2-9-5-3-4-6(7)10-8/h8H,2-5H2,1H3. The quantitative estimate of drug-likeness (QED) is 0.356. The van der Waals surface area contributed by atoms with Crippen LogP contribution in [0.2, 0.25) is 0 Å². The molecule has 0 spiro atoms. The first-order valence-electron chi connectivity index (χ1n) is 3.23. The number of hydrogen-bond donors (Lipinski definition) is 1. The van der Waals surface area contributed by atoms with Crippen LogP contribution in [0.1, 0.15) is 19.8 Å². The molecule has 0 aliphatic heterocycles. The summed E-state index contributed by atoms with van der Waals surface area (Å²) >= 11 is 0. The second kappa shape index (κ2) is 6.51. The van der Waals surface area contributed by atoms with E-state index in [-0.39, 0.29) is 6.42 Å². The maximum Gasteiger partial charge on any atom is 0.342 e. The molecule has 0 saturated heterocycles. The number of hydrogen-bond acceptors (Lipinski definition) is 4. The van der Waals surface area contributed by atoms with Gasteiger partial charge >= 0.3 is 5.97 Å². The lowest BCUT2D eigenvalue weighted by molar-refractivity contribution is -0.234. The third kappa shape index (κ3) is 5.53. The highest BCUT2D eigenvalue weighted by molar-refractivity contribution is 5.68. The monoisotopic (exact) mass is 148 g/mol. The molecule has 0 rings (SSSR count). The van der Waals surface area contributed by atoms with E-state index >= 15 is 0 Å². The van der Waals surface area contributed by atoms with Crippen LogP contribution in [-0.2, 0) is 14.4 Å². The first-order valence-corrected chi connectivity index (χ1v) is 3.23. The summed E-state index contributed by atoms with van der Waals surface area (Å²) in [5, 5.41) is 7.80. The molecule has 0 aromatic heterocycles. The molecule has 0 radical (unpaired) electrons. The van der Waals surface area contributed by atoms with Crippen LogP contribution in [0, 0.1) is 0 Å². The molecule has 60 valence electrons. The van der Waals surface area contributed by atoms with Crippen molar-refractivity contribution in [2.24, 2.45) is 0 Å². The van der Waals surface area contributed by atoms with Crippen LogP contribution in [0.4, 0.5) is 0 Å². The fourth-order valence-corrected chi connectivity index (χ4v) is 0.509. The maximum atomic E-state index is 10.2. The van der Waals surface area contributed by atoms with Gasteiger partial charge in [0.15, 0.2) is 0 Å². The second-order valence-electron chi connectivity index (χ2n) is 1.76. The Kier molecular flexibility index (Phi) is 6.11. The molecule has 0 bridgehead atoms. The fraction of sp³-hybridized carbons (Fsp3) is 0.833. The first-order chi connectivity index (χ1) is 4.81. The van der Waals surface area contributed by atoms with E-state index in [2.05, 4.69) is 4.89 Å². The van der Waals surface area contributed by atoms with Crippen molar-refractivity contribution >= 4 is 5.97 Å². The third-order valence-electron chi connectivity index (χ3n) is 0.976. The van der Waals surface area contributed by atoms with Crippen molar-refractivity contribution in [3.8, 4) is 0 Å². The smallest absolute Gasteiger partial charge is 0.342 e. The second-order valence-corrected chi connectivity index (χ2v) is 1.76. The number of carbonyl (C=O) groups excluding carboxylic acids is 1. The van der Waals surface area contributed by atoms with Gasteiger partial charge in [-0.05, 0) is 13.3 Å². The fourth-order valence-electron chi connectivity index (χ4n) is 0.509. The van der Waals surface area contributed by atoms with Crippen LogP contribution < -0.4 is 0 Å². The van der Waals surface area contributed by atoms with Gasteiger partial charge < -0.3 is 9.62 Å². The number of carbonyl (C=O) groups is 1. The molecule has 0 atom stereocenters. The van der Waals surface area contributed by atoms with Crippen LogP contribution >= 0.6 is 0 Å². The van der Waals surface area contributed by atoms with Gasteiger partial charge in [0.25, 0.3) is 0 Å². The van der Waals surface area contributed by atoms with E-state index in [4.69, 9.17) is 9.99 Å². The van der Waals surface area contributed by atoms with Crippen molar-refractivity contribution in [3.05, 3.63) is 0 Å². The maximum absolute atomic E-state index is 10.2. The zero-order chi connectivity index (χ0) is 7.82. The molecule has 0 fully saturated rings. The van der Waals surface area contributed by atoms with Crippen LogP contribution in [0.3, 0.4) is 0 Å². The van der Waals surface area contributed by atoms with Crippen molar-refractivity contribution in [3.63, 3.8) is 0 Å². The highest BCUT2D eigenvalue weighted by Gasteiger charge is 1.99. The normalized spacial score (nSPS) is 9.40. The van der Waals surface area contributed by atoms with E-state index in [9.17, 15) is 4.79 Å². The van der Waals surface area contributed by atoms with E-state index in [0.29, 0.717) is 19.6 Å². The summed E-state index contributed by atoms with van der Waals surface area (Å²) in [6, 6.07) is 0. The lowest BCUT2D eigenvalue weighted by atomic mass is 10.3. The molecule has 0 unspecified atom stereocenters. The zero-order valence-electron chi connectivity index (χ0n) is 6.00. The molecule has 0 aromatic carbocycles. The molecule has 0 saturated carbocycles.